The van der Waals surface area contributed by atoms with Crippen LogP contribution in [0.5, 0.6) is 0 Å². The molecule has 4 N–H and O–H groups in total. The highest BCUT2D eigenvalue weighted by molar-refractivity contribution is 6.08. The summed E-state index contributed by atoms with van der Waals surface area (Å²) in [6, 6.07) is 18.6. The first kappa shape index (κ1) is 20.4. The second kappa shape index (κ2) is 8.19. The van der Waals surface area contributed by atoms with E-state index in [1.165, 1.54) is 24.3 Å². The Kier molecular flexibility index (Phi) is 5.06. The quantitative estimate of drug-likeness (QED) is 0.382. The first-order chi connectivity index (χ1) is 16.0. The maximum atomic E-state index is 13.2. The van der Waals surface area contributed by atoms with Crippen LogP contribution in [0.15, 0.2) is 71.5 Å². The zero-order chi connectivity index (χ0) is 22.9. The van der Waals surface area contributed by atoms with Crippen molar-refractivity contribution in [3.8, 4) is 0 Å². The van der Waals surface area contributed by atoms with Gasteiger partial charge in [-0.15, -0.1) is 0 Å². The van der Waals surface area contributed by atoms with E-state index >= 15 is 0 Å². The Hall–Kier alpha value is -4.53. The molecule has 33 heavy (non-hydrogen) atoms. The Morgan fingerprint density at radius 2 is 1.76 bits per heavy atom. The summed E-state index contributed by atoms with van der Waals surface area (Å²) in [5.41, 5.74) is 0.608. The SMILES string of the molecule is O=C1C[C@H](C(=O)Nc2cccc3ccccc23)c2c(nc(Nc3ccc(F)cc3)[nH]c2=O)N1. The first-order valence-electron chi connectivity index (χ1n) is 10.2. The molecule has 1 aliphatic rings. The fourth-order valence-electron chi connectivity index (χ4n) is 3.88. The molecule has 0 unspecified atom stereocenters. The van der Waals surface area contributed by atoms with E-state index in [0.29, 0.717) is 11.4 Å². The summed E-state index contributed by atoms with van der Waals surface area (Å²) in [6.45, 7) is 0. The lowest BCUT2D eigenvalue weighted by molar-refractivity contribution is -0.123. The summed E-state index contributed by atoms with van der Waals surface area (Å²) in [4.78, 5) is 45.2. The van der Waals surface area contributed by atoms with Gasteiger partial charge >= 0.3 is 0 Å². The fourth-order valence-corrected chi connectivity index (χ4v) is 3.88. The Balaban J connectivity index is 1.46. The van der Waals surface area contributed by atoms with Crippen LogP contribution in [0.25, 0.3) is 10.8 Å². The van der Waals surface area contributed by atoms with Crippen molar-refractivity contribution in [2.24, 2.45) is 0 Å². The lowest BCUT2D eigenvalue weighted by Crippen LogP contribution is -2.36. The molecule has 1 aliphatic heterocycles. The van der Waals surface area contributed by atoms with Crippen molar-refractivity contribution >= 4 is 45.7 Å². The summed E-state index contributed by atoms with van der Waals surface area (Å²) >= 11 is 0. The number of carbonyl (C=O) groups is 2. The highest BCUT2D eigenvalue weighted by atomic mass is 19.1. The molecule has 2 heterocycles. The number of halogens is 1. The van der Waals surface area contributed by atoms with Gasteiger partial charge in [-0.2, -0.15) is 4.98 Å². The molecule has 1 atom stereocenters. The molecule has 1 aromatic heterocycles. The Morgan fingerprint density at radius 3 is 2.58 bits per heavy atom. The third-order valence-electron chi connectivity index (χ3n) is 5.42. The molecule has 0 radical (unpaired) electrons. The summed E-state index contributed by atoms with van der Waals surface area (Å²) in [5, 5.41) is 10.1. The summed E-state index contributed by atoms with van der Waals surface area (Å²) < 4.78 is 13.1. The van der Waals surface area contributed by atoms with E-state index in [2.05, 4.69) is 25.9 Å². The van der Waals surface area contributed by atoms with Gasteiger partial charge in [0.05, 0.1) is 11.5 Å². The smallest absolute Gasteiger partial charge is 0.258 e. The van der Waals surface area contributed by atoms with Gasteiger partial charge in [0.15, 0.2) is 0 Å². The minimum Gasteiger partial charge on any atom is -0.326 e. The van der Waals surface area contributed by atoms with E-state index in [1.54, 1.807) is 6.07 Å². The molecule has 164 valence electrons. The Bertz CT molecular complexity index is 1440. The normalized spacial score (nSPS) is 14.9. The van der Waals surface area contributed by atoms with E-state index in [0.717, 1.165) is 10.8 Å². The fraction of sp³-hybridized carbons (Fsp3) is 0.0833. The topological polar surface area (TPSA) is 116 Å². The van der Waals surface area contributed by atoms with Crippen LogP contribution >= 0.6 is 0 Å². The van der Waals surface area contributed by atoms with Crippen LogP contribution in [-0.2, 0) is 9.59 Å². The molecule has 0 saturated heterocycles. The van der Waals surface area contributed by atoms with E-state index in [1.807, 2.05) is 36.4 Å². The van der Waals surface area contributed by atoms with Gasteiger partial charge in [0.2, 0.25) is 17.8 Å². The van der Waals surface area contributed by atoms with Crippen molar-refractivity contribution in [2.75, 3.05) is 16.0 Å². The third-order valence-corrected chi connectivity index (χ3v) is 5.42. The number of amides is 2. The average molecular weight is 443 g/mol. The Morgan fingerprint density at radius 1 is 1.00 bits per heavy atom. The van der Waals surface area contributed by atoms with Crippen molar-refractivity contribution in [3.05, 3.63) is 88.5 Å². The van der Waals surface area contributed by atoms with E-state index < -0.39 is 29.1 Å². The van der Waals surface area contributed by atoms with Crippen molar-refractivity contribution < 1.29 is 14.0 Å². The van der Waals surface area contributed by atoms with Crippen LogP contribution in [0.2, 0.25) is 0 Å². The largest absolute Gasteiger partial charge is 0.326 e. The molecule has 3 aromatic carbocycles. The van der Waals surface area contributed by atoms with Gasteiger partial charge in [-0.3, -0.25) is 19.4 Å². The molecule has 0 saturated carbocycles. The lowest BCUT2D eigenvalue weighted by atomic mass is 9.92. The number of nitrogens with zero attached hydrogens (tertiary/aromatic N) is 1. The zero-order valence-corrected chi connectivity index (χ0v) is 17.2. The number of fused-ring (bicyclic) bond motifs is 2. The lowest BCUT2D eigenvalue weighted by Gasteiger charge is -2.24. The van der Waals surface area contributed by atoms with Crippen LogP contribution in [0.1, 0.15) is 17.9 Å². The van der Waals surface area contributed by atoms with Crippen LogP contribution in [0, 0.1) is 5.82 Å². The number of anilines is 4. The molecular formula is C24H18FN5O3. The van der Waals surface area contributed by atoms with Gasteiger partial charge in [-0.25, -0.2) is 4.39 Å². The molecule has 8 nitrogen and oxygen atoms in total. The van der Waals surface area contributed by atoms with Gasteiger partial charge < -0.3 is 16.0 Å². The van der Waals surface area contributed by atoms with Crippen LogP contribution in [0.3, 0.4) is 0 Å². The van der Waals surface area contributed by atoms with E-state index in [-0.39, 0.29) is 23.8 Å². The zero-order valence-electron chi connectivity index (χ0n) is 17.2. The minimum absolute atomic E-state index is 0.0117. The number of nitrogens with one attached hydrogen (secondary N) is 4. The molecule has 0 bridgehead atoms. The van der Waals surface area contributed by atoms with Gasteiger partial charge in [-0.1, -0.05) is 36.4 Å². The number of carbonyl (C=O) groups excluding carboxylic acids is 2. The molecule has 0 fully saturated rings. The molecular weight excluding hydrogens is 425 g/mol. The summed E-state index contributed by atoms with van der Waals surface area (Å²) in [5.74, 6) is -2.25. The van der Waals surface area contributed by atoms with Gasteiger partial charge in [0, 0.05) is 23.2 Å². The number of H-pyrrole nitrogens is 1. The van der Waals surface area contributed by atoms with Crippen LogP contribution in [-0.4, -0.2) is 21.8 Å². The van der Waals surface area contributed by atoms with E-state index in [9.17, 15) is 18.8 Å². The van der Waals surface area contributed by atoms with Crippen molar-refractivity contribution in [1.82, 2.24) is 9.97 Å². The van der Waals surface area contributed by atoms with Crippen molar-refractivity contribution in [3.63, 3.8) is 0 Å². The van der Waals surface area contributed by atoms with E-state index in [4.69, 9.17) is 0 Å². The van der Waals surface area contributed by atoms with Crippen molar-refractivity contribution in [2.45, 2.75) is 12.3 Å². The molecule has 5 rings (SSSR count). The minimum atomic E-state index is -1.01. The monoisotopic (exact) mass is 443 g/mol. The highest BCUT2D eigenvalue weighted by Crippen LogP contribution is 2.31. The van der Waals surface area contributed by atoms with Gasteiger partial charge in [0.1, 0.15) is 11.6 Å². The Labute approximate surface area is 186 Å². The molecule has 2 amide bonds. The predicted molar refractivity (Wildman–Crippen MR) is 123 cm³/mol. The number of benzene rings is 3. The highest BCUT2D eigenvalue weighted by Gasteiger charge is 2.35. The summed E-state index contributed by atoms with van der Waals surface area (Å²) in [6.07, 6.45) is -0.181. The predicted octanol–water partition coefficient (Wildman–Crippen LogP) is 3.87. The maximum absolute atomic E-state index is 13.2. The molecule has 9 heteroatoms. The first-order valence-corrected chi connectivity index (χ1v) is 10.2. The molecule has 0 aliphatic carbocycles. The average Bonchev–Trinajstić information content (AvgIpc) is 2.80. The van der Waals surface area contributed by atoms with Crippen LogP contribution < -0.4 is 21.5 Å². The van der Waals surface area contributed by atoms with Gasteiger partial charge in [0.25, 0.3) is 5.56 Å². The number of hydrogen-bond acceptors (Lipinski definition) is 5. The van der Waals surface area contributed by atoms with Gasteiger partial charge in [-0.05, 0) is 35.7 Å². The maximum Gasteiger partial charge on any atom is 0.258 e. The number of aromatic amines is 1. The number of aromatic nitrogens is 2. The third kappa shape index (κ3) is 4.03. The summed E-state index contributed by atoms with van der Waals surface area (Å²) in [7, 11) is 0. The van der Waals surface area contributed by atoms with Crippen LogP contribution in [0.4, 0.5) is 27.5 Å². The number of rotatable bonds is 4. The molecule has 4 aromatic rings. The standard InChI is InChI=1S/C24H18FN5O3/c25-14-8-10-15(11-9-14)26-24-29-21-20(23(33)30-24)17(12-19(31)28-21)22(32)27-18-7-3-5-13-4-1-2-6-16(13)18/h1-11,17H,12H2,(H,27,32)(H3,26,28,29,30,31,33)/t17-/m0/s1. The van der Waals surface area contributed by atoms with Crippen molar-refractivity contribution in [1.29, 1.82) is 0 Å². The second-order valence-corrected chi connectivity index (χ2v) is 7.63. The second-order valence-electron chi connectivity index (χ2n) is 7.63. The number of hydrogen-bond donors (Lipinski definition) is 4. The molecule has 0 spiro atoms.